The Morgan fingerprint density at radius 3 is 2.55 bits per heavy atom. The van der Waals surface area contributed by atoms with Crippen LogP contribution in [-0.2, 0) is 4.79 Å². The highest BCUT2D eigenvalue weighted by Crippen LogP contribution is 2.22. The molecular weight excluding hydrogens is 388 g/mol. The largest absolute Gasteiger partial charge is 0.483 e. The van der Waals surface area contributed by atoms with Gasteiger partial charge >= 0.3 is 0 Å². The number of aryl methyl sites for hydroxylation is 4. The molecule has 0 saturated carbocycles. The van der Waals surface area contributed by atoms with Crippen molar-refractivity contribution < 1.29 is 9.53 Å². The van der Waals surface area contributed by atoms with Gasteiger partial charge in [0.25, 0.3) is 5.91 Å². The van der Waals surface area contributed by atoms with E-state index in [2.05, 4.69) is 15.6 Å². The summed E-state index contributed by atoms with van der Waals surface area (Å²) >= 11 is 6.46. The summed E-state index contributed by atoms with van der Waals surface area (Å²) in [5, 5.41) is 8.88. The van der Waals surface area contributed by atoms with Crippen LogP contribution in [0.4, 0.5) is 0 Å². The maximum absolute atomic E-state index is 12.0. The van der Waals surface area contributed by atoms with E-state index in [4.69, 9.17) is 16.3 Å². The van der Waals surface area contributed by atoms with Crippen molar-refractivity contribution in [3.05, 3.63) is 75.6 Å². The van der Waals surface area contributed by atoms with Crippen molar-refractivity contribution in [3.8, 4) is 11.4 Å². The van der Waals surface area contributed by atoms with Gasteiger partial charge in [-0.1, -0.05) is 41.4 Å². The normalized spacial score (nSPS) is 11.1. The van der Waals surface area contributed by atoms with Crippen LogP contribution in [0, 0.1) is 27.7 Å². The minimum atomic E-state index is -0.359. The smallest absolute Gasteiger partial charge is 0.277 e. The number of amides is 1. The highest BCUT2D eigenvalue weighted by molar-refractivity contribution is 6.32. The number of ether oxygens (including phenoxy) is 1. The predicted octanol–water partition coefficient (Wildman–Crippen LogP) is 4.29. The standard InChI is InChI=1S/C22H23ClN4O2/c1-14-6-9-18(10-7-14)27-22(23)19(17(4)26-27)12-24-25-21(28)13-29-20-11-15(2)5-8-16(20)3/h5-12H,13H2,1-4H3,(H,25,28). The summed E-state index contributed by atoms with van der Waals surface area (Å²) in [5.41, 5.74) is 7.86. The third-order valence-electron chi connectivity index (χ3n) is 4.41. The fourth-order valence-corrected chi connectivity index (χ4v) is 3.04. The topological polar surface area (TPSA) is 68.5 Å². The summed E-state index contributed by atoms with van der Waals surface area (Å²) in [4.78, 5) is 12.0. The maximum Gasteiger partial charge on any atom is 0.277 e. The molecule has 3 aromatic rings. The molecule has 1 N–H and O–H groups in total. The first-order valence-corrected chi connectivity index (χ1v) is 9.57. The van der Waals surface area contributed by atoms with Crippen molar-refractivity contribution in [1.82, 2.24) is 15.2 Å². The Kier molecular flexibility index (Phi) is 6.34. The van der Waals surface area contributed by atoms with Gasteiger partial charge in [0.15, 0.2) is 6.61 Å². The Morgan fingerprint density at radius 2 is 1.83 bits per heavy atom. The molecule has 150 valence electrons. The summed E-state index contributed by atoms with van der Waals surface area (Å²) in [6.45, 7) is 7.63. The van der Waals surface area contributed by atoms with Crippen LogP contribution in [0.2, 0.25) is 5.15 Å². The van der Waals surface area contributed by atoms with Crippen LogP contribution in [0.15, 0.2) is 47.6 Å². The number of nitrogens with zero attached hydrogens (tertiary/aromatic N) is 3. The van der Waals surface area contributed by atoms with E-state index in [0.717, 1.165) is 22.4 Å². The van der Waals surface area contributed by atoms with Gasteiger partial charge in [-0.3, -0.25) is 4.79 Å². The number of hydrogen-bond acceptors (Lipinski definition) is 4. The summed E-state index contributed by atoms with van der Waals surface area (Å²) in [6, 6.07) is 13.7. The molecule has 29 heavy (non-hydrogen) atoms. The molecule has 0 unspecified atom stereocenters. The molecule has 0 radical (unpaired) electrons. The van der Waals surface area contributed by atoms with E-state index in [1.807, 2.05) is 70.2 Å². The number of carbonyl (C=O) groups excluding carboxylic acids is 1. The molecule has 1 heterocycles. The average Bonchev–Trinajstić information content (AvgIpc) is 2.97. The van der Waals surface area contributed by atoms with Crippen molar-refractivity contribution in [2.24, 2.45) is 5.10 Å². The summed E-state index contributed by atoms with van der Waals surface area (Å²) in [6.07, 6.45) is 1.49. The number of hydrazone groups is 1. The van der Waals surface area contributed by atoms with E-state index in [-0.39, 0.29) is 12.5 Å². The molecule has 0 aliphatic carbocycles. The van der Waals surface area contributed by atoms with Crippen LogP contribution in [0.1, 0.15) is 27.9 Å². The molecule has 0 saturated heterocycles. The highest BCUT2D eigenvalue weighted by atomic mass is 35.5. The molecule has 0 atom stereocenters. The molecule has 1 aromatic heterocycles. The lowest BCUT2D eigenvalue weighted by Gasteiger charge is -2.08. The van der Waals surface area contributed by atoms with Gasteiger partial charge in [-0.25, -0.2) is 10.1 Å². The molecule has 1 amide bonds. The van der Waals surface area contributed by atoms with Gasteiger partial charge in [-0.05, 0) is 57.0 Å². The van der Waals surface area contributed by atoms with Crippen molar-refractivity contribution in [2.75, 3.05) is 6.61 Å². The van der Waals surface area contributed by atoms with Gasteiger partial charge in [-0.2, -0.15) is 10.2 Å². The van der Waals surface area contributed by atoms with E-state index in [0.29, 0.717) is 22.2 Å². The number of carbonyl (C=O) groups is 1. The van der Waals surface area contributed by atoms with Gasteiger partial charge in [0.05, 0.1) is 23.2 Å². The third kappa shape index (κ3) is 5.03. The van der Waals surface area contributed by atoms with E-state index in [1.165, 1.54) is 6.21 Å². The third-order valence-corrected chi connectivity index (χ3v) is 4.78. The molecule has 0 fully saturated rings. The Balaban J connectivity index is 1.63. The number of hydrogen-bond donors (Lipinski definition) is 1. The van der Waals surface area contributed by atoms with Crippen LogP contribution in [0.3, 0.4) is 0 Å². The van der Waals surface area contributed by atoms with Gasteiger partial charge in [0.1, 0.15) is 10.9 Å². The molecule has 7 heteroatoms. The number of nitrogens with one attached hydrogen (secondary N) is 1. The Hall–Kier alpha value is -3.12. The van der Waals surface area contributed by atoms with Gasteiger partial charge in [-0.15, -0.1) is 0 Å². The van der Waals surface area contributed by atoms with Crippen LogP contribution in [0.5, 0.6) is 5.75 Å². The second-order valence-corrected chi connectivity index (χ2v) is 7.25. The van der Waals surface area contributed by atoms with Crippen LogP contribution in [-0.4, -0.2) is 28.5 Å². The first-order valence-electron chi connectivity index (χ1n) is 9.19. The molecule has 0 bridgehead atoms. The van der Waals surface area contributed by atoms with E-state index < -0.39 is 0 Å². The summed E-state index contributed by atoms with van der Waals surface area (Å²) in [5.74, 6) is 0.323. The highest BCUT2D eigenvalue weighted by Gasteiger charge is 2.13. The lowest BCUT2D eigenvalue weighted by Crippen LogP contribution is -2.24. The SMILES string of the molecule is Cc1ccc(-n2nc(C)c(C=NNC(=O)COc3cc(C)ccc3C)c2Cl)cc1. The molecule has 6 nitrogen and oxygen atoms in total. The minimum Gasteiger partial charge on any atom is -0.483 e. The first kappa shape index (κ1) is 20.6. The number of halogens is 1. The Bertz CT molecular complexity index is 1060. The molecule has 0 aliphatic heterocycles. The molecule has 2 aromatic carbocycles. The van der Waals surface area contributed by atoms with Gasteiger partial charge < -0.3 is 4.74 Å². The second-order valence-electron chi connectivity index (χ2n) is 6.89. The van der Waals surface area contributed by atoms with Gasteiger partial charge in [0, 0.05) is 0 Å². The summed E-state index contributed by atoms with van der Waals surface area (Å²) in [7, 11) is 0. The molecule has 0 spiro atoms. The first-order chi connectivity index (χ1) is 13.8. The summed E-state index contributed by atoms with van der Waals surface area (Å²) < 4.78 is 7.21. The molecule has 3 rings (SSSR count). The minimum absolute atomic E-state index is 0.128. The average molecular weight is 411 g/mol. The Labute approximate surface area is 175 Å². The zero-order valence-electron chi connectivity index (χ0n) is 16.9. The predicted molar refractivity (Wildman–Crippen MR) is 115 cm³/mol. The zero-order chi connectivity index (χ0) is 21.0. The van der Waals surface area contributed by atoms with E-state index in [9.17, 15) is 4.79 Å². The zero-order valence-corrected chi connectivity index (χ0v) is 17.6. The van der Waals surface area contributed by atoms with Crippen LogP contribution >= 0.6 is 11.6 Å². The van der Waals surface area contributed by atoms with Crippen LogP contribution in [0.25, 0.3) is 5.69 Å². The van der Waals surface area contributed by atoms with Crippen molar-refractivity contribution in [2.45, 2.75) is 27.7 Å². The van der Waals surface area contributed by atoms with Gasteiger partial charge in [0.2, 0.25) is 0 Å². The monoisotopic (exact) mass is 410 g/mol. The maximum atomic E-state index is 12.0. The lowest BCUT2D eigenvalue weighted by molar-refractivity contribution is -0.123. The quantitative estimate of drug-likeness (QED) is 0.487. The number of rotatable bonds is 6. The lowest BCUT2D eigenvalue weighted by atomic mass is 10.1. The second kappa shape index (κ2) is 8.92. The van der Waals surface area contributed by atoms with Crippen molar-refractivity contribution in [3.63, 3.8) is 0 Å². The van der Waals surface area contributed by atoms with Crippen LogP contribution < -0.4 is 10.2 Å². The number of aromatic nitrogens is 2. The fourth-order valence-electron chi connectivity index (χ4n) is 2.72. The van der Waals surface area contributed by atoms with E-state index >= 15 is 0 Å². The van der Waals surface area contributed by atoms with E-state index in [1.54, 1.807) is 4.68 Å². The van der Waals surface area contributed by atoms with Crippen molar-refractivity contribution in [1.29, 1.82) is 0 Å². The fraction of sp³-hybridized carbons (Fsp3) is 0.227. The Morgan fingerprint density at radius 1 is 1.14 bits per heavy atom. The molecular formula is C22H23ClN4O2. The molecule has 0 aliphatic rings. The number of benzene rings is 2. The van der Waals surface area contributed by atoms with Crippen molar-refractivity contribution >= 4 is 23.7 Å².